The molecule has 3 rings (SSSR count). The van der Waals surface area contributed by atoms with E-state index in [1.807, 2.05) is 12.1 Å². The van der Waals surface area contributed by atoms with Gasteiger partial charge in [0.25, 0.3) is 0 Å². The van der Waals surface area contributed by atoms with Crippen molar-refractivity contribution in [3.63, 3.8) is 0 Å². The van der Waals surface area contributed by atoms with Gasteiger partial charge < -0.3 is 0 Å². The van der Waals surface area contributed by atoms with Crippen molar-refractivity contribution >= 4 is 6.29 Å². The van der Waals surface area contributed by atoms with Gasteiger partial charge in [-0.2, -0.15) is 0 Å². The molecule has 1 aromatic carbocycles. The second-order valence-electron chi connectivity index (χ2n) is 4.28. The van der Waals surface area contributed by atoms with Gasteiger partial charge in [-0.25, -0.2) is 0 Å². The van der Waals surface area contributed by atoms with Crippen molar-refractivity contribution in [1.29, 1.82) is 0 Å². The quantitative estimate of drug-likeness (QED) is 0.595. The van der Waals surface area contributed by atoms with Crippen LogP contribution >= 0.6 is 0 Å². The molecule has 13 heavy (non-hydrogen) atoms. The molecular weight excluding hydrogens is 160 g/mol. The number of benzene rings is 1. The van der Waals surface area contributed by atoms with Crippen LogP contribution in [0.5, 0.6) is 0 Å². The molecule has 0 heterocycles. The van der Waals surface area contributed by atoms with Crippen molar-refractivity contribution in [3.05, 3.63) is 34.9 Å². The van der Waals surface area contributed by atoms with E-state index in [0.717, 1.165) is 11.8 Å². The molecule has 0 N–H and O–H groups in total. The summed E-state index contributed by atoms with van der Waals surface area (Å²) in [7, 11) is 0. The lowest BCUT2D eigenvalue weighted by atomic mass is 9.94. The second kappa shape index (κ2) is 2.22. The summed E-state index contributed by atoms with van der Waals surface area (Å²) in [6, 6.07) is 6.14. The molecule has 0 atom stereocenters. The normalized spacial score (nSPS) is 21.5. The Kier molecular flexibility index (Phi) is 1.25. The van der Waals surface area contributed by atoms with Crippen molar-refractivity contribution in [3.8, 4) is 0 Å². The number of fused-ring (bicyclic) bond motifs is 2. The molecular formula is C12H12O. The Morgan fingerprint density at radius 2 is 2.08 bits per heavy atom. The van der Waals surface area contributed by atoms with Crippen LogP contribution in [0.3, 0.4) is 0 Å². The molecule has 0 bridgehead atoms. The van der Waals surface area contributed by atoms with E-state index in [-0.39, 0.29) is 0 Å². The molecule has 1 heteroatoms. The number of rotatable bonds is 1. The highest BCUT2D eigenvalue weighted by atomic mass is 16.1. The van der Waals surface area contributed by atoms with Crippen LogP contribution < -0.4 is 0 Å². The minimum absolute atomic E-state index is 0.437. The Morgan fingerprint density at radius 3 is 2.77 bits per heavy atom. The van der Waals surface area contributed by atoms with Gasteiger partial charge >= 0.3 is 0 Å². The van der Waals surface area contributed by atoms with Crippen LogP contribution in [0, 0.1) is 0 Å². The maximum atomic E-state index is 10.9. The zero-order chi connectivity index (χ0) is 8.89. The van der Waals surface area contributed by atoms with E-state index >= 15 is 0 Å². The molecule has 0 aliphatic heterocycles. The lowest BCUT2D eigenvalue weighted by molar-refractivity contribution is 0.112. The molecule has 66 valence electrons. The molecule has 2 aliphatic carbocycles. The van der Waals surface area contributed by atoms with Gasteiger partial charge in [0.05, 0.1) is 0 Å². The van der Waals surface area contributed by atoms with Gasteiger partial charge in [0, 0.05) is 5.56 Å². The fourth-order valence-corrected chi connectivity index (χ4v) is 2.72. The minimum Gasteiger partial charge on any atom is -0.298 e. The predicted molar refractivity (Wildman–Crippen MR) is 51.1 cm³/mol. The van der Waals surface area contributed by atoms with Crippen LogP contribution in [0.15, 0.2) is 18.2 Å². The zero-order valence-corrected chi connectivity index (χ0v) is 7.55. The highest BCUT2D eigenvalue weighted by Gasteiger charge is 2.49. The van der Waals surface area contributed by atoms with Gasteiger partial charge in [0.15, 0.2) is 0 Å². The third kappa shape index (κ3) is 0.846. The number of hydrogen-bond acceptors (Lipinski definition) is 1. The maximum absolute atomic E-state index is 10.9. The van der Waals surface area contributed by atoms with Gasteiger partial charge in [-0.05, 0) is 42.2 Å². The Balaban J connectivity index is 2.26. The first-order valence-electron chi connectivity index (χ1n) is 4.93. The Labute approximate surface area is 77.8 Å². The fraction of sp³-hybridized carbons (Fsp3) is 0.417. The standard InChI is InChI=1S/C12H12O/c13-8-10-3-1-2-9-4-5-12(6-7-12)11(9)10/h1-3,8H,4-7H2. The van der Waals surface area contributed by atoms with Crippen molar-refractivity contribution in [2.24, 2.45) is 0 Å². The van der Waals surface area contributed by atoms with E-state index in [1.165, 1.54) is 36.8 Å². The van der Waals surface area contributed by atoms with Crippen LogP contribution in [0.25, 0.3) is 0 Å². The van der Waals surface area contributed by atoms with Crippen LogP contribution in [-0.4, -0.2) is 6.29 Å². The van der Waals surface area contributed by atoms with Gasteiger partial charge in [0.2, 0.25) is 0 Å². The molecule has 2 aliphatic rings. The Morgan fingerprint density at radius 1 is 1.23 bits per heavy atom. The lowest BCUT2D eigenvalue weighted by Crippen LogP contribution is -2.03. The van der Waals surface area contributed by atoms with Gasteiger partial charge in [-0.3, -0.25) is 4.79 Å². The smallest absolute Gasteiger partial charge is 0.150 e. The summed E-state index contributed by atoms with van der Waals surface area (Å²) in [5.74, 6) is 0. The van der Waals surface area contributed by atoms with E-state index in [4.69, 9.17) is 0 Å². The summed E-state index contributed by atoms with van der Waals surface area (Å²) in [4.78, 5) is 10.9. The third-order valence-electron chi connectivity index (χ3n) is 3.57. The number of aryl methyl sites for hydroxylation is 1. The highest BCUT2D eigenvalue weighted by Crippen LogP contribution is 2.57. The number of aldehydes is 1. The zero-order valence-electron chi connectivity index (χ0n) is 7.55. The first kappa shape index (κ1) is 7.31. The van der Waals surface area contributed by atoms with E-state index in [9.17, 15) is 4.79 Å². The molecule has 1 spiro atoms. The molecule has 1 saturated carbocycles. The van der Waals surface area contributed by atoms with Crippen LogP contribution in [0.1, 0.15) is 40.7 Å². The summed E-state index contributed by atoms with van der Waals surface area (Å²) in [6.45, 7) is 0. The number of hydrogen-bond donors (Lipinski definition) is 0. The Bertz CT molecular complexity index is 375. The predicted octanol–water partition coefficient (Wildman–Crippen LogP) is 2.48. The fourth-order valence-electron chi connectivity index (χ4n) is 2.72. The van der Waals surface area contributed by atoms with Gasteiger partial charge in [-0.1, -0.05) is 18.2 Å². The monoisotopic (exact) mass is 172 g/mol. The van der Waals surface area contributed by atoms with E-state index in [1.54, 1.807) is 0 Å². The summed E-state index contributed by atoms with van der Waals surface area (Å²) in [5, 5.41) is 0. The maximum Gasteiger partial charge on any atom is 0.150 e. The minimum atomic E-state index is 0.437. The largest absolute Gasteiger partial charge is 0.298 e. The first-order valence-corrected chi connectivity index (χ1v) is 4.93. The van der Waals surface area contributed by atoms with Crippen molar-refractivity contribution in [1.82, 2.24) is 0 Å². The van der Waals surface area contributed by atoms with Crippen molar-refractivity contribution < 1.29 is 4.79 Å². The average Bonchev–Trinajstić information content (AvgIpc) is 2.84. The van der Waals surface area contributed by atoms with Crippen LogP contribution in [-0.2, 0) is 11.8 Å². The van der Waals surface area contributed by atoms with Gasteiger partial charge in [0.1, 0.15) is 6.29 Å². The van der Waals surface area contributed by atoms with E-state index < -0.39 is 0 Å². The van der Waals surface area contributed by atoms with E-state index in [2.05, 4.69) is 6.07 Å². The number of carbonyl (C=O) groups excluding carboxylic acids is 1. The molecule has 0 unspecified atom stereocenters. The van der Waals surface area contributed by atoms with Crippen LogP contribution in [0.4, 0.5) is 0 Å². The van der Waals surface area contributed by atoms with Gasteiger partial charge in [-0.15, -0.1) is 0 Å². The summed E-state index contributed by atoms with van der Waals surface area (Å²) >= 11 is 0. The topological polar surface area (TPSA) is 17.1 Å². The SMILES string of the molecule is O=Cc1cccc2c1C1(CC2)CC1. The highest BCUT2D eigenvalue weighted by molar-refractivity contribution is 5.80. The average molecular weight is 172 g/mol. The molecule has 0 radical (unpaired) electrons. The molecule has 0 amide bonds. The summed E-state index contributed by atoms with van der Waals surface area (Å²) < 4.78 is 0. The molecule has 1 nitrogen and oxygen atoms in total. The van der Waals surface area contributed by atoms with Crippen molar-refractivity contribution in [2.75, 3.05) is 0 Å². The van der Waals surface area contributed by atoms with Crippen LogP contribution in [0.2, 0.25) is 0 Å². The summed E-state index contributed by atoms with van der Waals surface area (Å²) in [5.41, 5.74) is 4.17. The first-order chi connectivity index (χ1) is 6.36. The molecule has 0 aromatic heterocycles. The van der Waals surface area contributed by atoms with E-state index in [0.29, 0.717) is 5.41 Å². The number of carbonyl (C=O) groups is 1. The third-order valence-corrected chi connectivity index (χ3v) is 3.57. The lowest BCUT2D eigenvalue weighted by Gasteiger charge is -2.09. The molecule has 1 aromatic rings. The Hall–Kier alpha value is -1.11. The second-order valence-corrected chi connectivity index (χ2v) is 4.28. The summed E-state index contributed by atoms with van der Waals surface area (Å²) in [6.07, 6.45) is 6.06. The molecule has 1 fully saturated rings. The van der Waals surface area contributed by atoms with Crippen molar-refractivity contribution in [2.45, 2.75) is 31.1 Å². The molecule has 0 saturated heterocycles.